The molecular weight excluding hydrogens is 520 g/mol. The molecule has 0 radical (unpaired) electrons. The van der Waals surface area contributed by atoms with Crippen LogP contribution in [0.4, 0.5) is 35.0 Å². The Kier molecular flexibility index (Phi) is 6.80. The number of benzene rings is 1. The molecule has 4 aromatic rings. The molecule has 1 atom stereocenters. The normalized spacial score (nSPS) is 15.1. The molecule has 0 aliphatic heterocycles. The lowest BCUT2D eigenvalue weighted by molar-refractivity contribution is -0.165. The molecule has 10 nitrogen and oxygen atoms in total. The second kappa shape index (κ2) is 10.1. The average Bonchev–Trinajstić information content (AvgIpc) is 3.40. The van der Waals surface area contributed by atoms with E-state index in [1.165, 1.54) is 24.5 Å². The summed E-state index contributed by atoms with van der Waals surface area (Å²) in [5, 5.41) is 13.1. The van der Waals surface area contributed by atoms with Crippen LogP contribution in [0.5, 0.6) is 0 Å². The van der Waals surface area contributed by atoms with Crippen molar-refractivity contribution in [3.63, 3.8) is 0 Å². The van der Waals surface area contributed by atoms with Crippen LogP contribution in [-0.4, -0.2) is 43.0 Å². The SMILES string of the molecule is CC(N)Cn1cc(Nc2ncc(-c3ccc(CC(=O)Nc4cc(C5(C(F)(F)F)CC5)on4)c(F)c3)cn2)cn1. The maximum absolute atomic E-state index is 14.8. The standard InChI is InChI=1S/C25H24F4N8O2/c1-14(30)12-37-13-18(11-33-37)34-23-31-9-17(10-32-23)15-2-3-16(19(26)6-15)7-22(38)35-21-8-20(39-36-21)24(4-5-24)25(27,28)29/h2-3,6,8-11,13-14H,4-5,7,12,30H2,1H3,(H,31,32,34)(H,35,36,38). The summed E-state index contributed by atoms with van der Waals surface area (Å²) in [4.78, 5) is 20.9. The molecule has 1 fully saturated rings. The van der Waals surface area contributed by atoms with Crippen LogP contribution in [0.1, 0.15) is 31.1 Å². The van der Waals surface area contributed by atoms with Crippen molar-refractivity contribution in [1.29, 1.82) is 0 Å². The van der Waals surface area contributed by atoms with E-state index in [-0.39, 0.29) is 42.4 Å². The third-order valence-corrected chi connectivity index (χ3v) is 6.30. The quantitative estimate of drug-likeness (QED) is 0.265. The van der Waals surface area contributed by atoms with Gasteiger partial charge in [0, 0.05) is 36.3 Å². The van der Waals surface area contributed by atoms with Gasteiger partial charge in [0.1, 0.15) is 11.2 Å². The largest absolute Gasteiger partial charge is 0.401 e. The van der Waals surface area contributed by atoms with E-state index in [2.05, 4.69) is 30.9 Å². The molecule has 3 aromatic heterocycles. The fourth-order valence-electron chi connectivity index (χ4n) is 4.08. The monoisotopic (exact) mass is 544 g/mol. The Morgan fingerprint density at radius 2 is 1.92 bits per heavy atom. The summed E-state index contributed by atoms with van der Waals surface area (Å²) < 4.78 is 61.1. The molecule has 5 rings (SSSR count). The number of hydrogen-bond donors (Lipinski definition) is 3. The van der Waals surface area contributed by atoms with Gasteiger partial charge in [-0.15, -0.1) is 0 Å². The Labute approximate surface area is 219 Å². The van der Waals surface area contributed by atoms with Crippen LogP contribution >= 0.6 is 0 Å². The lowest BCUT2D eigenvalue weighted by atomic mass is 10.0. The highest BCUT2D eigenvalue weighted by molar-refractivity contribution is 5.91. The lowest BCUT2D eigenvalue weighted by Crippen LogP contribution is -2.28. The number of anilines is 3. The zero-order chi connectivity index (χ0) is 27.8. The number of nitrogens with one attached hydrogen (secondary N) is 2. The van der Waals surface area contributed by atoms with Crippen molar-refractivity contribution in [2.75, 3.05) is 10.6 Å². The van der Waals surface area contributed by atoms with Gasteiger partial charge in [0.25, 0.3) is 0 Å². The number of aromatic nitrogens is 5. The van der Waals surface area contributed by atoms with Crippen LogP contribution in [0.3, 0.4) is 0 Å². The summed E-state index contributed by atoms with van der Waals surface area (Å²) in [7, 11) is 0. The summed E-state index contributed by atoms with van der Waals surface area (Å²) in [5.41, 5.74) is 5.55. The first kappa shape index (κ1) is 26.3. The van der Waals surface area contributed by atoms with Crippen molar-refractivity contribution in [1.82, 2.24) is 24.9 Å². The summed E-state index contributed by atoms with van der Waals surface area (Å²) in [6, 6.07) is 5.33. The van der Waals surface area contributed by atoms with Gasteiger partial charge in [0.2, 0.25) is 11.9 Å². The van der Waals surface area contributed by atoms with Gasteiger partial charge in [-0.05, 0) is 37.0 Å². The Bertz CT molecular complexity index is 1480. The van der Waals surface area contributed by atoms with Crippen molar-refractivity contribution < 1.29 is 26.9 Å². The Balaban J connectivity index is 1.19. The molecule has 0 saturated heterocycles. The third kappa shape index (κ3) is 5.74. The first-order valence-corrected chi connectivity index (χ1v) is 12.0. The van der Waals surface area contributed by atoms with E-state index in [0.717, 1.165) is 6.07 Å². The zero-order valence-corrected chi connectivity index (χ0v) is 20.7. The van der Waals surface area contributed by atoms with Crippen molar-refractivity contribution in [2.45, 2.75) is 50.4 Å². The number of amides is 1. The number of carbonyl (C=O) groups excluding carboxylic acids is 1. The van der Waals surface area contributed by atoms with Crippen LogP contribution in [0.25, 0.3) is 11.1 Å². The number of nitrogens with two attached hydrogens (primary N) is 1. The molecule has 1 amide bonds. The maximum Gasteiger partial charge on any atom is 0.401 e. The predicted octanol–water partition coefficient (Wildman–Crippen LogP) is 4.33. The Hall–Kier alpha value is -4.33. The van der Waals surface area contributed by atoms with Crippen molar-refractivity contribution in [3.05, 3.63) is 66.2 Å². The topological polar surface area (TPSA) is 137 Å². The van der Waals surface area contributed by atoms with Gasteiger partial charge in [0.15, 0.2) is 11.6 Å². The first-order chi connectivity index (χ1) is 18.5. The van der Waals surface area contributed by atoms with E-state index < -0.39 is 23.3 Å². The van der Waals surface area contributed by atoms with Crippen molar-refractivity contribution in [2.24, 2.45) is 5.73 Å². The number of alkyl halides is 3. The van der Waals surface area contributed by atoms with Gasteiger partial charge >= 0.3 is 6.18 Å². The van der Waals surface area contributed by atoms with Gasteiger partial charge < -0.3 is 20.9 Å². The van der Waals surface area contributed by atoms with Gasteiger partial charge in [-0.3, -0.25) is 9.48 Å². The Morgan fingerprint density at radius 1 is 1.18 bits per heavy atom. The molecule has 1 aromatic carbocycles. The second-order valence-electron chi connectivity index (χ2n) is 9.54. The summed E-state index contributed by atoms with van der Waals surface area (Å²) in [6.07, 6.45) is 1.44. The molecule has 1 unspecified atom stereocenters. The zero-order valence-electron chi connectivity index (χ0n) is 20.7. The highest BCUT2D eigenvalue weighted by Crippen LogP contribution is 2.59. The molecule has 3 heterocycles. The van der Waals surface area contributed by atoms with E-state index in [1.807, 2.05) is 6.92 Å². The smallest absolute Gasteiger partial charge is 0.358 e. The summed E-state index contributed by atoms with van der Waals surface area (Å²) in [5.74, 6) is -1.47. The van der Waals surface area contributed by atoms with E-state index in [1.54, 1.807) is 23.1 Å². The predicted molar refractivity (Wildman–Crippen MR) is 132 cm³/mol. The summed E-state index contributed by atoms with van der Waals surface area (Å²) >= 11 is 0. The number of halogens is 4. The van der Waals surface area contributed by atoms with Crippen LogP contribution < -0.4 is 16.4 Å². The van der Waals surface area contributed by atoms with Crippen LogP contribution in [0.15, 0.2) is 53.6 Å². The molecular formula is C25H24F4N8O2. The van der Waals surface area contributed by atoms with E-state index in [0.29, 0.717) is 29.3 Å². The molecule has 0 spiro atoms. The average molecular weight is 545 g/mol. The molecule has 14 heteroatoms. The van der Waals surface area contributed by atoms with E-state index >= 15 is 0 Å². The minimum absolute atomic E-state index is 0.0439. The minimum Gasteiger partial charge on any atom is -0.358 e. The fourth-order valence-corrected chi connectivity index (χ4v) is 4.08. The molecule has 1 aliphatic rings. The van der Waals surface area contributed by atoms with Crippen LogP contribution in [0.2, 0.25) is 0 Å². The molecule has 0 bridgehead atoms. The maximum atomic E-state index is 14.8. The molecule has 39 heavy (non-hydrogen) atoms. The number of rotatable bonds is 9. The minimum atomic E-state index is -4.46. The highest BCUT2D eigenvalue weighted by atomic mass is 19.4. The molecule has 204 valence electrons. The lowest BCUT2D eigenvalue weighted by Gasteiger charge is -2.14. The van der Waals surface area contributed by atoms with Gasteiger partial charge in [-0.2, -0.15) is 18.3 Å². The van der Waals surface area contributed by atoms with E-state index in [4.69, 9.17) is 10.3 Å². The van der Waals surface area contributed by atoms with Crippen LogP contribution in [-0.2, 0) is 23.2 Å². The third-order valence-electron chi connectivity index (χ3n) is 6.30. The molecule has 4 N–H and O–H groups in total. The molecule has 1 aliphatic carbocycles. The first-order valence-electron chi connectivity index (χ1n) is 12.0. The molecule has 1 saturated carbocycles. The van der Waals surface area contributed by atoms with Crippen molar-refractivity contribution in [3.8, 4) is 11.1 Å². The fraction of sp³-hybridized carbons (Fsp3) is 0.320. The number of nitrogens with zero attached hydrogens (tertiary/aromatic N) is 5. The number of hydrogen-bond acceptors (Lipinski definition) is 8. The van der Waals surface area contributed by atoms with Gasteiger partial charge in [-0.1, -0.05) is 17.3 Å². The van der Waals surface area contributed by atoms with Gasteiger partial charge in [0.05, 0.1) is 24.8 Å². The second-order valence-corrected chi connectivity index (χ2v) is 9.54. The van der Waals surface area contributed by atoms with Gasteiger partial charge in [-0.25, -0.2) is 14.4 Å². The summed E-state index contributed by atoms with van der Waals surface area (Å²) in [6.45, 7) is 2.44. The van der Waals surface area contributed by atoms with Crippen LogP contribution in [0, 0.1) is 5.82 Å². The highest BCUT2D eigenvalue weighted by Gasteiger charge is 2.66. The Morgan fingerprint density at radius 3 is 2.56 bits per heavy atom. The number of carbonyl (C=O) groups is 1. The van der Waals surface area contributed by atoms with E-state index in [9.17, 15) is 22.4 Å². The van der Waals surface area contributed by atoms with Crippen molar-refractivity contribution >= 4 is 23.4 Å².